The average molecular weight is 246 g/mol. The van der Waals surface area contributed by atoms with Gasteiger partial charge in [0.25, 0.3) is 0 Å². The van der Waals surface area contributed by atoms with Gasteiger partial charge in [0.05, 0.1) is 0 Å². The number of carbonyl (C=O) groups is 1. The molecule has 0 unspecified atom stereocenters. The Bertz CT molecular complexity index is 417. The van der Waals surface area contributed by atoms with Crippen LogP contribution in [0.3, 0.4) is 0 Å². The third kappa shape index (κ3) is 3.10. The summed E-state index contributed by atoms with van der Waals surface area (Å²) in [7, 11) is 0. The predicted molar refractivity (Wildman–Crippen MR) is 73.2 cm³/mol. The van der Waals surface area contributed by atoms with Crippen molar-refractivity contribution in [3.8, 4) is 0 Å². The number of aryl methyl sites for hydroxylation is 2. The summed E-state index contributed by atoms with van der Waals surface area (Å²) in [5, 5.41) is 0. The number of carbonyl (C=O) groups excluding carboxylic acids is 1. The lowest BCUT2D eigenvalue weighted by atomic mass is 10.0. The summed E-state index contributed by atoms with van der Waals surface area (Å²) >= 11 is 0. The van der Waals surface area contributed by atoms with Crippen molar-refractivity contribution in [1.82, 2.24) is 4.90 Å². The van der Waals surface area contributed by atoms with Gasteiger partial charge in [-0.15, -0.1) is 0 Å². The van der Waals surface area contributed by atoms with Crippen LogP contribution in [0, 0.1) is 12.8 Å². The zero-order chi connectivity index (χ0) is 13.0. The molecule has 3 heteroatoms. The topological polar surface area (TPSA) is 46.3 Å². The number of likely N-dealkylation sites (tertiary alicyclic amines) is 1. The Kier molecular flexibility index (Phi) is 4.37. The molecular weight excluding hydrogens is 224 g/mol. The molecule has 1 saturated heterocycles. The number of hydrogen-bond acceptors (Lipinski definition) is 2. The molecule has 1 aromatic carbocycles. The highest BCUT2D eigenvalue weighted by molar-refractivity contribution is 5.76. The van der Waals surface area contributed by atoms with E-state index in [0.717, 1.165) is 25.9 Å². The lowest BCUT2D eigenvalue weighted by Gasteiger charge is -2.16. The van der Waals surface area contributed by atoms with Crippen LogP contribution in [-0.2, 0) is 11.2 Å². The van der Waals surface area contributed by atoms with E-state index in [1.54, 1.807) is 0 Å². The standard InChI is InChI=1S/C15H22N2O/c1-12-4-2-3-5-14(12)6-7-15(18)17-9-8-13(10-16)11-17/h2-5,13H,6-11,16H2,1H3/t13-/m0/s1. The van der Waals surface area contributed by atoms with Gasteiger partial charge in [0, 0.05) is 19.5 Å². The summed E-state index contributed by atoms with van der Waals surface area (Å²) in [6.07, 6.45) is 2.52. The Morgan fingerprint density at radius 3 is 2.89 bits per heavy atom. The maximum atomic E-state index is 12.1. The Hall–Kier alpha value is -1.35. The van der Waals surface area contributed by atoms with Crippen LogP contribution in [-0.4, -0.2) is 30.4 Å². The smallest absolute Gasteiger partial charge is 0.222 e. The normalized spacial score (nSPS) is 19.2. The van der Waals surface area contributed by atoms with Gasteiger partial charge in [-0.05, 0) is 43.4 Å². The van der Waals surface area contributed by atoms with E-state index >= 15 is 0 Å². The molecule has 1 atom stereocenters. The molecular formula is C15H22N2O. The lowest BCUT2D eigenvalue weighted by molar-refractivity contribution is -0.130. The fourth-order valence-corrected chi connectivity index (χ4v) is 2.54. The maximum absolute atomic E-state index is 12.1. The van der Waals surface area contributed by atoms with E-state index in [0.29, 0.717) is 18.9 Å². The largest absolute Gasteiger partial charge is 0.342 e. The van der Waals surface area contributed by atoms with Crippen LogP contribution in [0.4, 0.5) is 0 Å². The number of nitrogens with two attached hydrogens (primary N) is 1. The highest BCUT2D eigenvalue weighted by Gasteiger charge is 2.24. The van der Waals surface area contributed by atoms with Crippen molar-refractivity contribution >= 4 is 5.91 Å². The lowest BCUT2D eigenvalue weighted by Crippen LogP contribution is -2.30. The Morgan fingerprint density at radius 1 is 1.44 bits per heavy atom. The molecule has 1 aliphatic rings. The number of rotatable bonds is 4. The van der Waals surface area contributed by atoms with Crippen molar-refractivity contribution in [2.24, 2.45) is 11.7 Å². The van der Waals surface area contributed by atoms with Gasteiger partial charge in [-0.25, -0.2) is 0 Å². The molecule has 3 nitrogen and oxygen atoms in total. The van der Waals surface area contributed by atoms with Gasteiger partial charge >= 0.3 is 0 Å². The molecule has 0 aromatic heterocycles. The molecule has 0 saturated carbocycles. The van der Waals surface area contributed by atoms with Crippen molar-refractivity contribution in [2.45, 2.75) is 26.2 Å². The third-order valence-electron chi connectivity index (χ3n) is 3.84. The minimum absolute atomic E-state index is 0.272. The van der Waals surface area contributed by atoms with E-state index in [1.165, 1.54) is 11.1 Å². The van der Waals surface area contributed by atoms with Crippen molar-refractivity contribution in [3.05, 3.63) is 35.4 Å². The van der Waals surface area contributed by atoms with Gasteiger partial charge in [-0.3, -0.25) is 4.79 Å². The number of hydrogen-bond donors (Lipinski definition) is 1. The molecule has 0 aliphatic carbocycles. The molecule has 2 rings (SSSR count). The average Bonchev–Trinajstić information content (AvgIpc) is 2.86. The first-order valence-electron chi connectivity index (χ1n) is 6.73. The zero-order valence-electron chi connectivity index (χ0n) is 11.1. The van der Waals surface area contributed by atoms with E-state index in [1.807, 2.05) is 17.0 Å². The summed E-state index contributed by atoms with van der Waals surface area (Å²) in [6, 6.07) is 8.27. The third-order valence-corrected chi connectivity index (χ3v) is 3.84. The van der Waals surface area contributed by atoms with Gasteiger partial charge in [-0.2, -0.15) is 0 Å². The first-order chi connectivity index (χ1) is 8.70. The fourth-order valence-electron chi connectivity index (χ4n) is 2.54. The predicted octanol–water partition coefficient (Wildman–Crippen LogP) is 1.73. The second-order valence-electron chi connectivity index (χ2n) is 5.16. The summed E-state index contributed by atoms with van der Waals surface area (Å²) in [5.74, 6) is 0.779. The molecule has 1 fully saturated rings. The summed E-state index contributed by atoms with van der Waals surface area (Å²) < 4.78 is 0. The second kappa shape index (κ2) is 6.01. The van der Waals surface area contributed by atoms with Crippen LogP contribution >= 0.6 is 0 Å². The van der Waals surface area contributed by atoms with E-state index in [9.17, 15) is 4.79 Å². The van der Waals surface area contributed by atoms with E-state index < -0.39 is 0 Å². The molecule has 1 heterocycles. The molecule has 0 spiro atoms. The van der Waals surface area contributed by atoms with Gasteiger partial charge in [-0.1, -0.05) is 24.3 Å². The minimum atomic E-state index is 0.272. The van der Waals surface area contributed by atoms with E-state index in [4.69, 9.17) is 5.73 Å². The first-order valence-corrected chi connectivity index (χ1v) is 6.73. The maximum Gasteiger partial charge on any atom is 0.222 e. The van der Waals surface area contributed by atoms with Crippen molar-refractivity contribution in [1.29, 1.82) is 0 Å². The van der Waals surface area contributed by atoms with Crippen LogP contribution in [0.1, 0.15) is 24.0 Å². The highest BCUT2D eigenvalue weighted by atomic mass is 16.2. The van der Waals surface area contributed by atoms with Crippen molar-refractivity contribution in [2.75, 3.05) is 19.6 Å². The quantitative estimate of drug-likeness (QED) is 0.879. The molecule has 18 heavy (non-hydrogen) atoms. The molecule has 1 aliphatic heterocycles. The molecule has 1 amide bonds. The number of nitrogens with zero attached hydrogens (tertiary/aromatic N) is 1. The van der Waals surface area contributed by atoms with Gasteiger partial charge in [0.1, 0.15) is 0 Å². The first kappa shape index (κ1) is 13.1. The SMILES string of the molecule is Cc1ccccc1CCC(=O)N1CC[C@@H](CN)C1. The number of benzene rings is 1. The van der Waals surface area contributed by atoms with Crippen molar-refractivity contribution < 1.29 is 4.79 Å². The van der Waals surface area contributed by atoms with Crippen LogP contribution < -0.4 is 5.73 Å². The van der Waals surface area contributed by atoms with Gasteiger partial charge in [0.2, 0.25) is 5.91 Å². The molecule has 0 bridgehead atoms. The van der Waals surface area contributed by atoms with Crippen LogP contribution in [0.15, 0.2) is 24.3 Å². The summed E-state index contributed by atoms with van der Waals surface area (Å²) in [4.78, 5) is 14.0. The summed E-state index contributed by atoms with van der Waals surface area (Å²) in [6.45, 7) is 4.53. The Labute approximate surface area is 109 Å². The number of amides is 1. The van der Waals surface area contributed by atoms with Crippen LogP contribution in [0.2, 0.25) is 0 Å². The van der Waals surface area contributed by atoms with E-state index in [2.05, 4.69) is 19.1 Å². The molecule has 0 radical (unpaired) electrons. The Balaban J connectivity index is 1.84. The fraction of sp³-hybridized carbons (Fsp3) is 0.533. The second-order valence-corrected chi connectivity index (χ2v) is 5.16. The molecule has 2 N–H and O–H groups in total. The highest BCUT2D eigenvalue weighted by Crippen LogP contribution is 2.17. The van der Waals surface area contributed by atoms with Crippen molar-refractivity contribution in [3.63, 3.8) is 0 Å². The van der Waals surface area contributed by atoms with E-state index in [-0.39, 0.29) is 5.91 Å². The molecule has 1 aromatic rings. The zero-order valence-corrected chi connectivity index (χ0v) is 11.1. The minimum Gasteiger partial charge on any atom is -0.342 e. The monoisotopic (exact) mass is 246 g/mol. The van der Waals surface area contributed by atoms with Crippen LogP contribution in [0.25, 0.3) is 0 Å². The summed E-state index contributed by atoms with van der Waals surface area (Å²) in [5.41, 5.74) is 8.19. The van der Waals surface area contributed by atoms with Gasteiger partial charge in [0.15, 0.2) is 0 Å². The van der Waals surface area contributed by atoms with Crippen LogP contribution in [0.5, 0.6) is 0 Å². The molecule has 98 valence electrons. The van der Waals surface area contributed by atoms with Gasteiger partial charge < -0.3 is 10.6 Å². The Morgan fingerprint density at radius 2 is 2.22 bits per heavy atom.